The van der Waals surface area contributed by atoms with Crippen molar-refractivity contribution in [1.29, 1.82) is 0 Å². The number of methoxy groups -OCH3 is 1. The Balaban J connectivity index is 2.07. The van der Waals surface area contributed by atoms with E-state index in [1.807, 2.05) is 30.3 Å². The van der Waals surface area contributed by atoms with Gasteiger partial charge in [-0.05, 0) is 23.8 Å². The van der Waals surface area contributed by atoms with E-state index >= 15 is 0 Å². The first kappa shape index (κ1) is 12.9. The van der Waals surface area contributed by atoms with Crippen LogP contribution in [0.25, 0.3) is 6.08 Å². The Kier molecular flexibility index (Phi) is 3.66. The highest BCUT2D eigenvalue weighted by Gasteiger charge is 2.29. The number of imide groups is 1. The van der Waals surface area contributed by atoms with Crippen LogP contribution in [0.1, 0.15) is 5.56 Å². The number of hydrogen-bond donors (Lipinski definition) is 1. The molecule has 1 fully saturated rings. The van der Waals surface area contributed by atoms with E-state index in [1.54, 1.807) is 19.3 Å². The van der Waals surface area contributed by atoms with Crippen molar-refractivity contribution in [1.82, 2.24) is 10.2 Å². The highest BCUT2D eigenvalue weighted by Crippen LogP contribution is 2.13. The van der Waals surface area contributed by atoms with Gasteiger partial charge >= 0.3 is 6.03 Å². The summed E-state index contributed by atoms with van der Waals surface area (Å²) in [6, 6.07) is 7.09. The van der Waals surface area contributed by atoms with Gasteiger partial charge in [0.25, 0.3) is 5.91 Å². The highest BCUT2D eigenvalue weighted by atomic mass is 16.5. The predicted molar refractivity (Wildman–Crippen MR) is 71.4 cm³/mol. The summed E-state index contributed by atoms with van der Waals surface area (Å²) in [5.74, 6) is 0.458. The van der Waals surface area contributed by atoms with Crippen molar-refractivity contribution in [2.24, 2.45) is 0 Å². The first-order valence-corrected chi connectivity index (χ1v) is 5.73. The molecule has 1 aliphatic rings. The van der Waals surface area contributed by atoms with E-state index in [-0.39, 0.29) is 11.6 Å². The van der Waals surface area contributed by atoms with E-state index in [2.05, 4.69) is 5.32 Å². The fourth-order valence-corrected chi connectivity index (χ4v) is 1.61. The first-order valence-electron chi connectivity index (χ1n) is 5.73. The lowest BCUT2D eigenvalue weighted by Gasteiger charge is -1.99. The molecule has 1 aromatic rings. The van der Waals surface area contributed by atoms with E-state index in [0.29, 0.717) is 0 Å². The lowest BCUT2D eigenvalue weighted by Crippen LogP contribution is -2.25. The average Bonchev–Trinajstić information content (AvgIpc) is 2.67. The summed E-state index contributed by atoms with van der Waals surface area (Å²) in [7, 11) is 3.05. The van der Waals surface area contributed by atoms with Crippen molar-refractivity contribution in [3.63, 3.8) is 0 Å². The molecule has 0 atom stereocenters. The normalized spacial score (nSPS) is 17.4. The van der Waals surface area contributed by atoms with Crippen LogP contribution in [-0.4, -0.2) is 31.0 Å². The van der Waals surface area contributed by atoms with Crippen LogP contribution in [0, 0.1) is 0 Å². The molecule has 3 amide bonds. The molecule has 1 heterocycles. The van der Waals surface area contributed by atoms with Crippen molar-refractivity contribution < 1.29 is 14.3 Å². The van der Waals surface area contributed by atoms with Crippen LogP contribution in [0.2, 0.25) is 0 Å². The summed E-state index contributed by atoms with van der Waals surface area (Å²) >= 11 is 0. The number of carbonyl (C=O) groups is 2. The summed E-state index contributed by atoms with van der Waals surface area (Å²) in [5.41, 5.74) is 1.25. The Morgan fingerprint density at radius 1 is 1.21 bits per heavy atom. The number of hydrogen-bond acceptors (Lipinski definition) is 3. The SMILES string of the molecule is COc1ccc(/C=C/C=C2/NC(=O)N(C)C2=O)cc1. The zero-order valence-electron chi connectivity index (χ0n) is 10.7. The predicted octanol–water partition coefficient (Wildman–Crippen LogP) is 1.77. The van der Waals surface area contributed by atoms with Gasteiger partial charge in [0.15, 0.2) is 0 Å². The van der Waals surface area contributed by atoms with Crippen molar-refractivity contribution in [3.05, 3.63) is 47.7 Å². The molecule has 0 saturated carbocycles. The molecule has 2 rings (SSSR count). The second kappa shape index (κ2) is 5.39. The number of carbonyl (C=O) groups excluding carboxylic acids is 2. The lowest BCUT2D eigenvalue weighted by atomic mass is 10.2. The van der Waals surface area contributed by atoms with E-state index in [0.717, 1.165) is 16.2 Å². The standard InChI is InChI=1S/C14H14N2O3/c1-16-13(17)12(15-14(16)18)5-3-4-10-6-8-11(19-2)9-7-10/h3-9H,1-2H3,(H,15,18)/b4-3+,12-5+. The Bertz CT molecular complexity index is 559. The number of allylic oxidation sites excluding steroid dienone is 2. The van der Waals surface area contributed by atoms with Crippen molar-refractivity contribution in [2.45, 2.75) is 0 Å². The van der Waals surface area contributed by atoms with Gasteiger partial charge in [-0.25, -0.2) is 4.79 Å². The fourth-order valence-electron chi connectivity index (χ4n) is 1.61. The number of rotatable bonds is 3. The maximum Gasteiger partial charge on any atom is 0.328 e. The number of likely N-dealkylation sites (N-methyl/N-ethyl adjacent to an activating group) is 1. The molecule has 0 aromatic heterocycles. The molecule has 0 spiro atoms. The largest absolute Gasteiger partial charge is 0.497 e. The number of amides is 3. The summed E-state index contributed by atoms with van der Waals surface area (Å²) in [6.07, 6.45) is 5.13. The number of nitrogens with one attached hydrogen (secondary N) is 1. The van der Waals surface area contributed by atoms with Crippen molar-refractivity contribution in [3.8, 4) is 5.75 Å². The maximum absolute atomic E-state index is 11.6. The van der Waals surface area contributed by atoms with Gasteiger partial charge in [-0.2, -0.15) is 0 Å². The van der Waals surface area contributed by atoms with Gasteiger partial charge in [0.2, 0.25) is 0 Å². The van der Waals surface area contributed by atoms with Crippen LogP contribution in [0.15, 0.2) is 42.1 Å². The molecule has 5 nitrogen and oxygen atoms in total. The molecule has 0 bridgehead atoms. The van der Waals surface area contributed by atoms with Crippen LogP contribution >= 0.6 is 0 Å². The van der Waals surface area contributed by atoms with Gasteiger partial charge in [-0.15, -0.1) is 0 Å². The van der Waals surface area contributed by atoms with Gasteiger partial charge in [-0.1, -0.05) is 24.3 Å². The molecular weight excluding hydrogens is 244 g/mol. The average molecular weight is 258 g/mol. The number of ether oxygens (including phenoxy) is 1. The Morgan fingerprint density at radius 2 is 1.89 bits per heavy atom. The third-order valence-corrected chi connectivity index (χ3v) is 2.75. The second-order valence-corrected chi connectivity index (χ2v) is 4.01. The number of nitrogens with zero attached hydrogens (tertiary/aromatic N) is 1. The molecule has 5 heteroatoms. The molecule has 0 unspecified atom stereocenters. The van der Waals surface area contributed by atoms with E-state index in [1.165, 1.54) is 7.05 Å². The monoisotopic (exact) mass is 258 g/mol. The van der Waals surface area contributed by atoms with Gasteiger partial charge in [0.05, 0.1) is 7.11 Å². The van der Waals surface area contributed by atoms with Gasteiger partial charge in [0, 0.05) is 7.05 Å². The summed E-state index contributed by atoms with van der Waals surface area (Å²) in [4.78, 5) is 23.8. The smallest absolute Gasteiger partial charge is 0.328 e. The molecule has 0 aliphatic carbocycles. The van der Waals surface area contributed by atoms with Gasteiger partial charge in [-0.3, -0.25) is 9.69 Å². The minimum Gasteiger partial charge on any atom is -0.497 e. The molecule has 0 radical (unpaired) electrons. The minimum absolute atomic E-state index is 0.275. The third-order valence-electron chi connectivity index (χ3n) is 2.75. The lowest BCUT2D eigenvalue weighted by molar-refractivity contribution is -0.122. The molecule has 1 saturated heterocycles. The molecular formula is C14H14N2O3. The molecule has 1 N–H and O–H groups in total. The zero-order valence-corrected chi connectivity index (χ0v) is 10.7. The van der Waals surface area contributed by atoms with Crippen LogP contribution in [0.4, 0.5) is 4.79 Å². The van der Waals surface area contributed by atoms with Crippen LogP contribution in [-0.2, 0) is 4.79 Å². The third kappa shape index (κ3) is 2.82. The van der Waals surface area contributed by atoms with E-state index in [9.17, 15) is 9.59 Å². The van der Waals surface area contributed by atoms with E-state index in [4.69, 9.17) is 4.74 Å². The van der Waals surface area contributed by atoms with Crippen LogP contribution in [0.3, 0.4) is 0 Å². The highest BCUT2D eigenvalue weighted by molar-refractivity contribution is 6.11. The first-order chi connectivity index (χ1) is 9.11. The zero-order chi connectivity index (χ0) is 13.8. The quantitative estimate of drug-likeness (QED) is 0.664. The van der Waals surface area contributed by atoms with E-state index < -0.39 is 6.03 Å². The second-order valence-electron chi connectivity index (χ2n) is 4.01. The van der Waals surface area contributed by atoms with Crippen LogP contribution < -0.4 is 10.1 Å². The van der Waals surface area contributed by atoms with Crippen LogP contribution in [0.5, 0.6) is 5.75 Å². The summed E-state index contributed by atoms with van der Waals surface area (Å²) < 4.78 is 5.06. The Morgan fingerprint density at radius 3 is 2.42 bits per heavy atom. The fraction of sp³-hybridized carbons (Fsp3) is 0.143. The molecule has 98 valence electrons. The van der Waals surface area contributed by atoms with Gasteiger partial charge < -0.3 is 10.1 Å². The molecule has 1 aliphatic heterocycles. The maximum atomic E-state index is 11.6. The number of benzene rings is 1. The van der Waals surface area contributed by atoms with Gasteiger partial charge in [0.1, 0.15) is 11.4 Å². The summed E-state index contributed by atoms with van der Waals surface area (Å²) in [6.45, 7) is 0. The topological polar surface area (TPSA) is 58.6 Å². The minimum atomic E-state index is -0.408. The van der Waals surface area contributed by atoms with Crippen molar-refractivity contribution >= 4 is 18.0 Å². The Labute approximate surface area is 111 Å². The molecule has 1 aromatic carbocycles. The van der Waals surface area contributed by atoms with Crippen molar-refractivity contribution in [2.75, 3.05) is 14.2 Å². The number of urea groups is 1. The molecule has 19 heavy (non-hydrogen) atoms. The Hall–Kier alpha value is -2.56. The summed E-state index contributed by atoms with van der Waals surface area (Å²) in [5, 5.41) is 2.49.